The molecule has 1 amide bonds. The maximum absolute atomic E-state index is 12.5. The van der Waals surface area contributed by atoms with Crippen molar-refractivity contribution in [3.63, 3.8) is 0 Å². The molecule has 1 aliphatic rings. The molecule has 0 radical (unpaired) electrons. The number of hydrogen-bond donors (Lipinski definition) is 0. The van der Waals surface area contributed by atoms with Gasteiger partial charge in [-0.05, 0) is 58.6 Å². The van der Waals surface area contributed by atoms with Gasteiger partial charge >= 0.3 is 0 Å². The molecule has 0 spiro atoms. The van der Waals surface area contributed by atoms with E-state index in [1.54, 1.807) is 23.7 Å². The molecule has 5 heterocycles. The van der Waals surface area contributed by atoms with Gasteiger partial charge < -0.3 is 4.90 Å². The summed E-state index contributed by atoms with van der Waals surface area (Å²) in [5.41, 5.74) is 4.09. The maximum Gasteiger partial charge on any atom is 0.227 e. The monoisotopic (exact) mass is 389 g/mol. The van der Waals surface area contributed by atoms with E-state index in [9.17, 15) is 4.79 Å². The Hall–Kier alpha value is -3.06. The second kappa shape index (κ2) is 7.16. The van der Waals surface area contributed by atoms with Gasteiger partial charge in [0, 0.05) is 43.2 Å². The first kappa shape index (κ1) is 17.1. The lowest BCUT2D eigenvalue weighted by Gasteiger charge is -2.15. The lowest BCUT2D eigenvalue weighted by Crippen LogP contribution is -2.29. The van der Waals surface area contributed by atoms with E-state index < -0.39 is 0 Å². The largest absolute Gasteiger partial charge is 0.342 e. The number of carbonyl (C=O) groups is 1. The molecule has 4 aromatic heterocycles. The summed E-state index contributed by atoms with van der Waals surface area (Å²) in [7, 11) is 0. The highest BCUT2D eigenvalue weighted by Gasteiger charge is 2.30. The first-order chi connectivity index (χ1) is 13.8. The SMILES string of the molecule is O=C(Cc1ccsc1)N1CC[C@@H](c2nc3ccc(-c4ccncc4)cn3n2)C1. The van der Waals surface area contributed by atoms with Gasteiger partial charge in [-0.3, -0.25) is 9.78 Å². The van der Waals surface area contributed by atoms with Gasteiger partial charge in [-0.1, -0.05) is 0 Å². The fourth-order valence-corrected chi connectivity index (χ4v) is 4.33. The molecule has 1 atom stereocenters. The van der Waals surface area contributed by atoms with Crippen LogP contribution >= 0.6 is 11.3 Å². The Morgan fingerprint density at radius 2 is 2.04 bits per heavy atom. The van der Waals surface area contributed by atoms with Crippen molar-refractivity contribution in [1.82, 2.24) is 24.5 Å². The fraction of sp³-hybridized carbons (Fsp3) is 0.238. The number of amides is 1. The lowest BCUT2D eigenvalue weighted by molar-refractivity contribution is -0.129. The predicted octanol–water partition coefficient (Wildman–Crippen LogP) is 3.41. The molecule has 1 fully saturated rings. The van der Waals surface area contributed by atoms with Crippen LogP contribution in [0.4, 0.5) is 0 Å². The fourth-order valence-electron chi connectivity index (χ4n) is 3.67. The zero-order valence-corrected chi connectivity index (χ0v) is 16.0. The highest BCUT2D eigenvalue weighted by Crippen LogP contribution is 2.27. The van der Waals surface area contributed by atoms with Crippen molar-refractivity contribution in [3.05, 3.63) is 71.1 Å². The molecule has 0 saturated carbocycles. The molecule has 6 nitrogen and oxygen atoms in total. The molecule has 0 N–H and O–H groups in total. The summed E-state index contributed by atoms with van der Waals surface area (Å²) in [6.07, 6.45) is 6.95. The van der Waals surface area contributed by atoms with E-state index in [1.807, 2.05) is 50.6 Å². The molecular weight excluding hydrogens is 370 g/mol. The number of pyridine rings is 2. The van der Waals surface area contributed by atoms with E-state index in [2.05, 4.69) is 11.1 Å². The van der Waals surface area contributed by atoms with Crippen molar-refractivity contribution < 1.29 is 4.79 Å². The van der Waals surface area contributed by atoms with Crippen LogP contribution in [0.2, 0.25) is 0 Å². The first-order valence-corrected chi connectivity index (χ1v) is 10.3. The zero-order chi connectivity index (χ0) is 18.9. The summed E-state index contributed by atoms with van der Waals surface area (Å²) < 4.78 is 1.83. The molecular formula is C21H19N5OS. The van der Waals surface area contributed by atoms with Crippen molar-refractivity contribution in [2.24, 2.45) is 0 Å². The number of fused-ring (bicyclic) bond motifs is 1. The number of hydrogen-bond acceptors (Lipinski definition) is 5. The third-order valence-electron chi connectivity index (χ3n) is 5.20. The number of likely N-dealkylation sites (tertiary alicyclic amines) is 1. The summed E-state index contributed by atoms with van der Waals surface area (Å²) in [6, 6.07) is 10.0. The first-order valence-electron chi connectivity index (χ1n) is 9.32. The highest BCUT2D eigenvalue weighted by atomic mass is 32.1. The number of rotatable bonds is 4. The van der Waals surface area contributed by atoms with Crippen LogP contribution in [0.1, 0.15) is 23.7 Å². The van der Waals surface area contributed by atoms with E-state index in [-0.39, 0.29) is 11.8 Å². The van der Waals surface area contributed by atoms with Crippen LogP contribution in [-0.4, -0.2) is 43.5 Å². The topological polar surface area (TPSA) is 63.4 Å². The summed E-state index contributed by atoms with van der Waals surface area (Å²) in [4.78, 5) is 23.3. The molecule has 28 heavy (non-hydrogen) atoms. The molecule has 5 rings (SSSR count). The zero-order valence-electron chi connectivity index (χ0n) is 15.2. The Balaban J connectivity index is 1.33. The Labute approximate surface area is 166 Å². The minimum absolute atomic E-state index is 0.185. The van der Waals surface area contributed by atoms with Crippen LogP contribution < -0.4 is 0 Å². The molecule has 1 saturated heterocycles. The smallest absolute Gasteiger partial charge is 0.227 e. The molecule has 4 aromatic rings. The molecule has 0 bridgehead atoms. The van der Waals surface area contributed by atoms with Crippen LogP contribution in [-0.2, 0) is 11.2 Å². The van der Waals surface area contributed by atoms with E-state index in [0.717, 1.165) is 41.1 Å². The molecule has 0 aliphatic carbocycles. The number of carbonyl (C=O) groups excluding carboxylic acids is 1. The summed E-state index contributed by atoms with van der Waals surface area (Å²) in [6.45, 7) is 1.46. The van der Waals surface area contributed by atoms with Gasteiger partial charge in [-0.15, -0.1) is 0 Å². The molecule has 7 heteroatoms. The van der Waals surface area contributed by atoms with Gasteiger partial charge in [0.2, 0.25) is 5.91 Å². The minimum Gasteiger partial charge on any atom is -0.342 e. The average molecular weight is 389 g/mol. The van der Waals surface area contributed by atoms with Crippen molar-refractivity contribution in [3.8, 4) is 11.1 Å². The van der Waals surface area contributed by atoms with Crippen molar-refractivity contribution in [2.75, 3.05) is 13.1 Å². The standard InChI is InChI=1S/C21H19N5OS/c27-20(11-15-6-10-28-14-15)25-9-5-18(12-25)21-23-19-2-1-17(13-26(19)24-21)16-3-7-22-8-4-16/h1-4,6-8,10,13-14,18H,5,9,11-12H2/t18-/m1/s1. The lowest BCUT2D eigenvalue weighted by atomic mass is 10.1. The van der Waals surface area contributed by atoms with Gasteiger partial charge in [-0.25, -0.2) is 9.50 Å². The van der Waals surface area contributed by atoms with Crippen LogP contribution in [0.15, 0.2) is 59.7 Å². The summed E-state index contributed by atoms with van der Waals surface area (Å²) >= 11 is 1.63. The highest BCUT2D eigenvalue weighted by molar-refractivity contribution is 7.08. The van der Waals surface area contributed by atoms with Gasteiger partial charge in [-0.2, -0.15) is 16.4 Å². The Morgan fingerprint density at radius 3 is 2.86 bits per heavy atom. The molecule has 0 unspecified atom stereocenters. The number of thiophene rings is 1. The van der Waals surface area contributed by atoms with Crippen LogP contribution in [0.25, 0.3) is 16.8 Å². The third kappa shape index (κ3) is 3.29. The van der Waals surface area contributed by atoms with Gasteiger partial charge in [0.25, 0.3) is 0 Å². The number of nitrogens with zero attached hydrogens (tertiary/aromatic N) is 5. The number of aromatic nitrogens is 4. The maximum atomic E-state index is 12.5. The quantitative estimate of drug-likeness (QED) is 0.537. The van der Waals surface area contributed by atoms with Crippen molar-refractivity contribution in [2.45, 2.75) is 18.8 Å². The van der Waals surface area contributed by atoms with Crippen molar-refractivity contribution in [1.29, 1.82) is 0 Å². The Kier molecular flexibility index (Phi) is 4.37. The second-order valence-electron chi connectivity index (χ2n) is 7.06. The van der Waals surface area contributed by atoms with Gasteiger partial charge in [0.1, 0.15) is 0 Å². The van der Waals surface area contributed by atoms with Gasteiger partial charge in [0.05, 0.1) is 6.42 Å². The van der Waals surface area contributed by atoms with E-state index >= 15 is 0 Å². The van der Waals surface area contributed by atoms with E-state index in [1.165, 1.54) is 0 Å². The third-order valence-corrected chi connectivity index (χ3v) is 5.93. The molecule has 1 aliphatic heterocycles. The summed E-state index contributed by atoms with van der Waals surface area (Å²) in [5.74, 6) is 1.19. The molecule has 0 aromatic carbocycles. The summed E-state index contributed by atoms with van der Waals surface area (Å²) in [5, 5.41) is 8.75. The Morgan fingerprint density at radius 1 is 1.14 bits per heavy atom. The van der Waals surface area contributed by atoms with Gasteiger partial charge in [0.15, 0.2) is 11.5 Å². The second-order valence-corrected chi connectivity index (χ2v) is 7.84. The average Bonchev–Trinajstić information content (AvgIpc) is 3.47. The van der Waals surface area contributed by atoms with Crippen molar-refractivity contribution >= 4 is 22.9 Å². The minimum atomic E-state index is 0.185. The van der Waals surface area contributed by atoms with Crippen LogP contribution in [0.3, 0.4) is 0 Å². The van der Waals surface area contributed by atoms with Crippen LogP contribution in [0, 0.1) is 0 Å². The molecule has 140 valence electrons. The van der Waals surface area contributed by atoms with E-state index in [0.29, 0.717) is 13.0 Å². The Bertz CT molecular complexity index is 1110. The normalized spacial score (nSPS) is 16.7. The van der Waals surface area contributed by atoms with E-state index in [4.69, 9.17) is 10.1 Å². The van der Waals surface area contributed by atoms with Crippen LogP contribution in [0.5, 0.6) is 0 Å². The predicted molar refractivity (Wildman–Crippen MR) is 108 cm³/mol.